The van der Waals surface area contributed by atoms with Crippen molar-refractivity contribution in [1.82, 2.24) is 25.0 Å². The monoisotopic (exact) mass is 459 g/mol. The number of carbonyl (C=O) groups excluding carboxylic acids is 2. The molecule has 4 rings (SSSR count). The summed E-state index contributed by atoms with van der Waals surface area (Å²) in [6.07, 6.45) is 3.84. The van der Waals surface area contributed by atoms with Crippen molar-refractivity contribution in [2.45, 2.75) is 58.5 Å². The molecular weight excluding hydrogens is 426 g/mol. The number of thiophene rings is 1. The molecule has 2 aliphatic heterocycles. The summed E-state index contributed by atoms with van der Waals surface area (Å²) in [5.74, 6) is 1.98. The number of ether oxygens (including phenoxy) is 1. The van der Waals surface area contributed by atoms with E-state index in [4.69, 9.17) is 4.74 Å². The van der Waals surface area contributed by atoms with Gasteiger partial charge in [-0.1, -0.05) is 19.9 Å². The van der Waals surface area contributed by atoms with E-state index in [0.717, 1.165) is 30.9 Å². The minimum absolute atomic E-state index is 0.0229. The van der Waals surface area contributed by atoms with Crippen LogP contribution in [0, 0.1) is 11.8 Å². The van der Waals surface area contributed by atoms with Gasteiger partial charge >= 0.3 is 0 Å². The van der Waals surface area contributed by atoms with E-state index < -0.39 is 0 Å². The van der Waals surface area contributed by atoms with Gasteiger partial charge in [0.15, 0.2) is 5.82 Å². The molecule has 0 saturated carbocycles. The fraction of sp³-hybridized carbons (Fsp3) is 0.652. The predicted molar refractivity (Wildman–Crippen MR) is 122 cm³/mol. The van der Waals surface area contributed by atoms with Crippen LogP contribution in [0.4, 0.5) is 0 Å². The molecular formula is C23H33N5O3S. The SMILES string of the molecule is CC(C)[C@@H](NC(=O)[C@H]1CCOC1)c1nnc2n1CCN(C(=O)CCCc1cccs1)CC2. The highest BCUT2D eigenvalue weighted by Gasteiger charge is 2.31. The van der Waals surface area contributed by atoms with Crippen LogP contribution < -0.4 is 5.32 Å². The molecule has 2 amide bonds. The van der Waals surface area contributed by atoms with E-state index in [1.807, 2.05) is 4.90 Å². The summed E-state index contributed by atoms with van der Waals surface area (Å²) in [4.78, 5) is 28.8. The summed E-state index contributed by atoms with van der Waals surface area (Å²) in [5, 5.41) is 14.1. The molecule has 2 aromatic heterocycles. The number of hydrogen-bond acceptors (Lipinski definition) is 6. The van der Waals surface area contributed by atoms with Crippen LogP contribution in [-0.2, 0) is 33.7 Å². The van der Waals surface area contributed by atoms with Gasteiger partial charge in [-0.25, -0.2) is 0 Å². The van der Waals surface area contributed by atoms with Gasteiger partial charge in [0.25, 0.3) is 0 Å². The lowest BCUT2D eigenvalue weighted by Gasteiger charge is -2.24. The number of nitrogens with zero attached hydrogens (tertiary/aromatic N) is 4. The van der Waals surface area contributed by atoms with E-state index in [-0.39, 0.29) is 29.7 Å². The summed E-state index contributed by atoms with van der Waals surface area (Å²) in [6.45, 7) is 7.24. The molecule has 0 spiro atoms. The number of carbonyl (C=O) groups is 2. The average molecular weight is 460 g/mol. The Morgan fingerprint density at radius 2 is 2.16 bits per heavy atom. The van der Waals surface area contributed by atoms with Gasteiger partial charge in [0.05, 0.1) is 18.6 Å². The van der Waals surface area contributed by atoms with E-state index in [9.17, 15) is 9.59 Å². The Bertz CT molecular complexity index is 905. The lowest BCUT2D eigenvalue weighted by molar-refractivity contribution is -0.131. The van der Waals surface area contributed by atoms with Crippen molar-refractivity contribution in [3.8, 4) is 0 Å². The number of aryl methyl sites for hydroxylation is 1. The average Bonchev–Trinajstić information content (AvgIpc) is 3.53. The quantitative estimate of drug-likeness (QED) is 0.655. The lowest BCUT2D eigenvalue weighted by atomic mass is 10.0. The Morgan fingerprint density at radius 1 is 1.28 bits per heavy atom. The van der Waals surface area contributed by atoms with Crippen molar-refractivity contribution >= 4 is 23.2 Å². The van der Waals surface area contributed by atoms with Gasteiger partial charge in [-0.05, 0) is 36.6 Å². The van der Waals surface area contributed by atoms with Gasteiger partial charge < -0.3 is 19.5 Å². The van der Waals surface area contributed by atoms with Crippen LogP contribution in [0.2, 0.25) is 0 Å². The number of rotatable bonds is 8. The molecule has 8 nitrogen and oxygen atoms in total. The van der Waals surface area contributed by atoms with Gasteiger partial charge in [-0.3, -0.25) is 9.59 Å². The first kappa shape index (κ1) is 22.9. The van der Waals surface area contributed by atoms with Gasteiger partial charge in [0.2, 0.25) is 11.8 Å². The van der Waals surface area contributed by atoms with Gasteiger partial charge in [-0.15, -0.1) is 21.5 Å². The van der Waals surface area contributed by atoms with Crippen LogP contribution in [0.25, 0.3) is 0 Å². The molecule has 174 valence electrons. The van der Waals surface area contributed by atoms with E-state index in [0.29, 0.717) is 45.7 Å². The number of aromatic nitrogens is 3. The Balaban J connectivity index is 1.37. The first-order chi connectivity index (χ1) is 15.5. The number of nitrogens with one attached hydrogen (secondary N) is 1. The van der Waals surface area contributed by atoms with Crippen molar-refractivity contribution in [3.05, 3.63) is 34.0 Å². The molecule has 0 aliphatic carbocycles. The molecule has 4 heterocycles. The third-order valence-electron chi connectivity index (χ3n) is 6.34. The van der Waals surface area contributed by atoms with Crippen LogP contribution in [0.3, 0.4) is 0 Å². The van der Waals surface area contributed by atoms with Crippen molar-refractivity contribution < 1.29 is 14.3 Å². The smallest absolute Gasteiger partial charge is 0.226 e. The Labute approximate surface area is 193 Å². The lowest BCUT2D eigenvalue weighted by Crippen LogP contribution is -2.38. The minimum atomic E-state index is -0.211. The van der Waals surface area contributed by atoms with Crippen LogP contribution in [0.5, 0.6) is 0 Å². The summed E-state index contributed by atoms with van der Waals surface area (Å²) in [7, 11) is 0. The van der Waals surface area contributed by atoms with Crippen molar-refractivity contribution in [1.29, 1.82) is 0 Å². The summed E-state index contributed by atoms with van der Waals surface area (Å²) >= 11 is 1.74. The van der Waals surface area contributed by atoms with E-state index in [2.05, 4.69) is 51.4 Å². The molecule has 2 aromatic rings. The van der Waals surface area contributed by atoms with Crippen LogP contribution in [0.1, 0.15) is 55.7 Å². The standard InChI is InChI=1S/C23H33N5O3S/c1-16(2)21(24-23(30)17-9-13-31-15-17)22-26-25-19-8-10-27(11-12-28(19)22)20(29)7-3-5-18-6-4-14-32-18/h4,6,14,16-17,21H,3,5,7-13,15H2,1-2H3,(H,24,30)/t17-,21+/m0/s1. The summed E-state index contributed by atoms with van der Waals surface area (Å²) in [5.41, 5.74) is 0. The first-order valence-corrected chi connectivity index (χ1v) is 12.5. The number of hydrogen-bond donors (Lipinski definition) is 1. The Hall–Kier alpha value is -2.26. The number of fused-ring (bicyclic) bond motifs is 1. The maximum Gasteiger partial charge on any atom is 0.226 e. The predicted octanol–water partition coefficient (Wildman–Crippen LogP) is 2.60. The molecule has 0 unspecified atom stereocenters. The van der Waals surface area contributed by atoms with Gasteiger partial charge in [-0.2, -0.15) is 0 Å². The summed E-state index contributed by atoms with van der Waals surface area (Å²) in [6, 6.07) is 3.97. The second kappa shape index (κ2) is 10.6. The maximum atomic E-state index is 12.8. The molecule has 1 saturated heterocycles. The Morgan fingerprint density at radius 3 is 2.88 bits per heavy atom. The van der Waals surface area contributed by atoms with Crippen molar-refractivity contribution in [2.24, 2.45) is 11.8 Å². The largest absolute Gasteiger partial charge is 0.381 e. The highest BCUT2D eigenvalue weighted by Crippen LogP contribution is 2.24. The molecule has 0 aromatic carbocycles. The normalized spacial score (nSPS) is 19.6. The van der Waals surface area contributed by atoms with Gasteiger partial charge in [0.1, 0.15) is 5.82 Å². The molecule has 0 bridgehead atoms. The molecule has 9 heteroatoms. The van der Waals surface area contributed by atoms with E-state index in [1.54, 1.807) is 11.3 Å². The first-order valence-electron chi connectivity index (χ1n) is 11.6. The third kappa shape index (κ3) is 5.38. The van der Waals surface area contributed by atoms with E-state index in [1.165, 1.54) is 4.88 Å². The fourth-order valence-electron chi connectivity index (χ4n) is 4.39. The van der Waals surface area contributed by atoms with Crippen LogP contribution >= 0.6 is 11.3 Å². The van der Waals surface area contributed by atoms with Gasteiger partial charge in [0, 0.05) is 44.0 Å². The maximum absolute atomic E-state index is 12.8. The fourth-order valence-corrected chi connectivity index (χ4v) is 5.14. The molecule has 1 fully saturated rings. The molecule has 2 aliphatic rings. The highest BCUT2D eigenvalue weighted by molar-refractivity contribution is 7.09. The third-order valence-corrected chi connectivity index (χ3v) is 7.28. The topological polar surface area (TPSA) is 89.3 Å². The Kier molecular flexibility index (Phi) is 7.57. The summed E-state index contributed by atoms with van der Waals surface area (Å²) < 4.78 is 7.48. The zero-order chi connectivity index (χ0) is 22.5. The highest BCUT2D eigenvalue weighted by atomic mass is 32.1. The molecule has 0 radical (unpaired) electrons. The molecule has 32 heavy (non-hydrogen) atoms. The second-order valence-corrected chi connectivity index (χ2v) is 10.0. The number of amides is 2. The minimum Gasteiger partial charge on any atom is -0.381 e. The zero-order valence-corrected chi connectivity index (χ0v) is 19.8. The molecule has 1 N–H and O–H groups in total. The van der Waals surface area contributed by atoms with Crippen molar-refractivity contribution in [3.63, 3.8) is 0 Å². The van der Waals surface area contributed by atoms with E-state index >= 15 is 0 Å². The van der Waals surface area contributed by atoms with Crippen LogP contribution in [0.15, 0.2) is 17.5 Å². The van der Waals surface area contributed by atoms with Crippen LogP contribution in [-0.4, -0.2) is 57.8 Å². The van der Waals surface area contributed by atoms with Crippen molar-refractivity contribution in [2.75, 3.05) is 26.3 Å². The zero-order valence-electron chi connectivity index (χ0n) is 19.0. The molecule has 2 atom stereocenters. The second-order valence-electron chi connectivity index (χ2n) is 8.98.